The van der Waals surface area contributed by atoms with Gasteiger partial charge in [-0.2, -0.15) is 0 Å². The SMILES string of the molecule is Clc1ccc2[nH]cc(N3CCc4cc(-c5ccc6c(c5)OCO6)ccc4C3)c2c1. The molecule has 2 aliphatic rings. The Morgan fingerprint density at radius 2 is 1.72 bits per heavy atom. The number of nitrogens with zero attached hydrogens (tertiary/aromatic N) is 1. The molecule has 1 aromatic heterocycles. The van der Waals surface area contributed by atoms with Gasteiger partial charge in [-0.25, -0.2) is 0 Å². The summed E-state index contributed by atoms with van der Waals surface area (Å²) in [6.45, 7) is 2.19. The summed E-state index contributed by atoms with van der Waals surface area (Å²) in [6.07, 6.45) is 3.11. The van der Waals surface area contributed by atoms with E-state index in [2.05, 4.69) is 46.4 Å². The van der Waals surface area contributed by atoms with E-state index in [1.54, 1.807) is 0 Å². The summed E-state index contributed by atoms with van der Waals surface area (Å²) in [5.74, 6) is 1.64. The van der Waals surface area contributed by atoms with Crippen molar-refractivity contribution in [3.63, 3.8) is 0 Å². The first-order chi connectivity index (χ1) is 14.2. The van der Waals surface area contributed by atoms with Crippen LogP contribution in [0.3, 0.4) is 0 Å². The molecule has 0 atom stereocenters. The molecule has 5 heteroatoms. The fourth-order valence-electron chi connectivity index (χ4n) is 4.35. The number of ether oxygens (including phenoxy) is 2. The Labute approximate surface area is 173 Å². The number of anilines is 1. The lowest BCUT2D eigenvalue weighted by molar-refractivity contribution is 0.174. The fourth-order valence-corrected chi connectivity index (χ4v) is 4.53. The molecule has 4 aromatic rings. The average molecular weight is 403 g/mol. The van der Waals surface area contributed by atoms with Gasteiger partial charge in [0.1, 0.15) is 0 Å². The zero-order valence-corrected chi connectivity index (χ0v) is 16.5. The van der Waals surface area contributed by atoms with E-state index < -0.39 is 0 Å². The highest BCUT2D eigenvalue weighted by Crippen LogP contribution is 2.37. The van der Waals surface area contributed by atoms with Crippen LogP contribution in [0.15, 0.2) is 60.8 Å². The molecule has 0 radical (unpaired) electrons. The van der Waals surface area contributed by atoms with Gasteiger partial charge in [-0.15, -0.1) is 0 Å². The molecule has 0 bridgehead atoms. The first-order valence-corrected chi connectivity index (χ1v) is 10.2. The van der Waals surface area contributed by atoms with E-state index in [0.29, 0.717) is 6.79 Å². The largest absolute Gasteiger partial charge is 0.454 e. The van der Waals surface area contributed by atoms with Crippen LogP contribution in [0.2, 0.25) is 5.02 Å². The van der Waals surface area contributed by atoms with Crippen LogP contribution < -0.4 is 14.4 Å². The van der Waals surface area contributed by atoms with Crippen LogP contribution in [0.5, 0.6) is 11.5 Å². The number of nitrogens with one attached hydrogen (secondary N) is 1. The number of rotatable bonds is 2. The van der Waals surface area contributed by atoms with Crippen molar-refractivity contribution in [2.24, 2.45) is 0 Å². The Morgan fingerprint density at radius 1 is 0.862 bits per heavy atom. The number of hydrogen-bond donors (Lipinski definition) is 1. The molecule has 0 unspecified atom stereocenters. The van der Waals surface area contributed by atoms with Gasteiger partial charge in [-0.3, -0.25) is 0 Å². The number of hydrogen-bond acceptors (Lipinski definition) is 3. The highest BCUT2D eigenvalue weighted by Gasteiger charge is 2.20. The van der Waals surface area contributed by atoms with Crippen LogP contribution >= 0.6 is 11.6 Å². The summed E-state index contributed by atoms with van der Waals surface area (Å²) in [5.41, 5.74) is 7.49. The second kappa shape index (κ2) is 6.46. The maximum atomic E-state index is 6.23. The molecule has 6 rings (SSSR count). The molecule has 29 heavy (non-hydrogen) atoms. The van der Waals surface area contributed by atoms with Crippen LogP contribution in [0.25, 0.3) is 22.0 Å². The Hall–Kier alpha value is -3.11. The van der Waals surface area contributed by atoms with Gasteiger partial charge in [0.15, 0.2) is 11.5 Å². The van der Waals surface area contributed by atoms with Gasteiger partial charge in [-0.1, -0.05) is 35.9 Å². The van der Waals surface area contributed by atoms with Gasteiger partial charge in [0.2, 0.25) is 6.79 Å². The molecule has 3 aromatic carbocycles. The standard InChI is InChI=1S/C24H19ClN2O2/c25-19-4-5-21-20(11-19)22(12-26-21)27-8-7-17-9-15(1-2-18(17)13-27)16-3-6-23-24(10-16)29-14-28-23/h1-6,9-12,26H,7-8,13-14H2. The minimum Gasteiger partial charge on any atom is -0.454 e. The molecular weight excluding hydrogens is 384 g/mol. The molecule has 0 saturated heterocycles. The number of benzene rings is 3. The van der Waals surface area contributed by atoms with Crippen LogP contribution in [-0.4, -0.2) is 18.3 Å². The second-order valence-electron chi connectivity index (χ2n) is 7.59. The molecule has 0 amide bonds. The molecular formula is C24H19ClN2O2. The van der Waals surface area contributed by atoms with E-state index in [9.17, 15) is 0 Å². The highest BCUT2D eigenvalue weighted by atomic mass is 35.5. The van der Waals surface area contributed by atoms with Crippen LogP contribution in [-0.2, 0) is 13.0 Å². The third kappa shape index (κ3) is 2.83. The molecule has 1 N–H and O–H groups in total. The predicted molar refractivity (Wildman–Crippen MR) is 116 cm³/mol. The van der Waals surface area contributed by atoms with Crippen molar-refractivity contribution in [1.29, 1.82) is 0 Å². The predicted octanol–water partition coefficient (Wildman–Crippen LogP) is 5.78. The van der Waals surface area contributed by atoms with Crippen LogP contribution in [0, 0.1) is 0 Å². The molecule has 0 fully saturated rings. The molecule has 144 valence electrons. The first kappa shape index (κ1) is 16.8. The minimum atomic E-state index is 0.303. The molecule has 0 spiro atoms. The Kier molecular flexibility index (Phi) is 3.74. The lowest BCUT2D eigenvalue weighted by Gasteiger charge is -2.30. The van der Waals surface area contributed by atoms with Crippen molar-refractivity contribution in [1.82, 2.24) is 4.98 Å². The number of fused-ring (bicyclic) bond motifs is 3. The summed E-state index contributed by atoms with van der Waals surface area (Å²) < 4.78 is 11.0. The highest BCUT2D eigenvalue weighted by molar-refractivity contribution is 6.31. The molecule has 4 nitrogen and oxygen atoms in total. The molecule has 0 aliphatic carbocycles. The van der Waals surface area contributed by atoms with Crippen molar-refractivity contribution in [3.05, 3.63) is 76.9 Å². The molecule has 0 saturated carbocycles. The van der Waals surface area contributed by atoms with E-state index in [4.69, 9.17) is 21.1 Å². The van der Waals surface area contributed by atoms with Gasteiger partial charge in [0.05, 0.1) is 5.69 Å². The van der Waals surface area contributed by atoms with Crippen molar-refractivity contribution < 1.29 is 9.47 Å². The lowest BCUT2D eigenvalue weighted by Crippen LogP contribution is -2.30. The maximum absolute atomic E-state index is 6.23. The van der Waals surface area contributed by atoms with Crippen LogP contribution in [0.4, 0.5) is 5.69 Å². The van der Waals surface area contributed by atoms with E-state index in [1.807, 2.05) is 24.3 Å². The number of aromatic nitrogens is 1. The summed E-state index contributed by atoms with van der Waals surface area (Å²) >= 11 is 6.23. The monoisotopic (exact) mass is 402 g/mol. The van der Waals surface area contributed by atoms with Gasteiger partial charge < -0.3 is 19.4 Å². The van der Waals surface area contributed by atoms with Crippen molar-refractivity contribution in [2.45, 2.75) is 13.0 Å². The van der Waals surface area contributed by atoms with E-state index in [1.165, 1.54) is 27.8 Å². The van der Waals surface area contributed by atoms with Gasteiger partial charge in [0, 0.05) is 35.2 Å². The van der Waals surface area contributed by atoms with Gasteiger partial charge in [-0.05, 0) is 59.0 Å². The maximum Gasteiger partial charge on any atom is 0.231 e. The summed E-state index contributed by atoms with van der Waals surface area (Å²) in [5, 5.41) is 1.95. The Morgan fingerprint density at radius 3 is 2.69 bits per heavy atom. The zero-order chi connectivity index (χ0) is 19.4. The van der Waals surface area contributed by atoms with E-state index in [-0.39, 0.29) is 0 Å². The van der Waals surface area contributed by atoms with Crippen molar-refractivity contribution in [3.8, 4) is 22.6 Å². The third-order valence-electron chi connectivity index (χ3n) is 5.89. The van der Waals surface area contributed by atoms with E-state index >= 15 is 0 Å². The van der Waals surface area contributed by atoms with Crippen molar-refractivity contribution in [2.75, 3.05) is 18.2 Å². The molecule has 3 heterocycles. The van der Waals surface area contributed by atoms with Crippen LogP contribution in [0.1, 0.15) is 11.1 Å². The summed E-state index contributed by atoms with van der Waals surface area (Å²) in [4.78, 5) is 5.79. The topological polar surface area (TPSA) is 37.5 Å². The summed E-state index contributed by atoms with van der Waals surface area (Å²) in [7, 11) is 0. The lowest BCUT2D eigenvalue weighted by atomic mass is 9.94. The average Bonchev–Trinajstić information content (AvgIpc) is 3.39. The Bertz CT molecular complexity index is 1250. The normalized spacial score (nSPS) is 15.0. The first-order valence-electron chi connectivity index (χ1n) is 9.78. The Balaban J connectivity index is 1.31. The number of aromatic amines is 1. The minimum absolute atomic E-state index is 0.303. The van der Waals surface area contributed by atoms with Crippen molar-refractivity contribution >= 4 is 28.2 Å². The molecule has 2 aliphatic heterocycles. The number of H-pyrrole nitrogens is 1. The van der Waals surface area contributed by atoms with Gasteiger partial charge in [0.25, 0.3) is 0 Å². The third-order valence-corrected chi connectivity index (χ3v) is 6.12. The quantitative estimate of drug-likeness (QED) is 0.461. The summed E-state index contributed by atoms with van der Waals surface area (Å²) in [6, 6.07) is 18.9. The fraction of sp³-hybridized carbons (Fsp3) is 0.167. The zero-order valence-electron chi connectivity index (χ0n) is 15.7. The smallest absolute Gasteiger partial charge is 0.231 e. The second-order valence-corrected chi connectivity index (χ2v) is 8.02. The number of halogens is 1. The van der Waals surface area contributed by atoms with Gasteiger partial charge >= 0.3 is 0 Å². The van der Waals surface area contributed by atoms with E-state index in [0.717, 1.165) is 47.1 Å².